The molecule has 1 saturated carbocycles. The number of rotatable bonds is 6. The lowest BCUT2D eigenvalue weighted by Gasteiger charge is -2.29. The summed E-state index contributed by atoms with van der Waals surface area (Å²) < 4.78 is 1.50. The van der Waals surface area contributed by atoms with Crippen molar-refractivity contribution in [1.82, 2.24) is 20.0 Å². The number of aromatic amines is 1. The smallest absolute Gasteiger partial charge is 0.296 e. The van der Waals surface area contributed by atoms with Gasteiger partial charge in [0.25, 0.3) is 5.56 Å². The van der Waals surface area contributed by atoms with Gasteiger partial charge in [0.1, 0.15) is 11.7 Å². The molecule has 1 unspecified atom stereocenters. The minimum atomic E-state index is -0.554. The Balaban J connectivity index is 1.57. The van der Waals surface area contributed by atoms with Crippen molar-refractivity contribution >= 4 is 27.8 Å². The Hall–Kier alpha value is -3.61. The van der Waals surface area contributed by atoms with Crippen LogP contribution in [0.3, 0.4) is 0 Å². The first-order valence-electron chi connectivity index (χ1n) is 12.2. The highest BCUT2D eigenvalue weighted by Crippen LogP contribution is 2.26. The summed E-state index contributed by atoms with van der Waals surface area (Å²) in [4.78, 5) is 35.0. The molecule has 0 bridgehead atoms. The molecule has 0 aliphatic heterocycles. The summed E-state index contributed by atoms with van der Waals surface area (Å²) in [6, 6.07) is 15.0. The Morgan fingerprint density at radius 3 is 2.59 bits per heavy atom. The minimum absolute atomic E-state index is 0.0149. The van der Waals surface area contributed by atoms with Gasteiger partial charge in [-0.05, 0) is 37.0 Å². The van der Waals surface area contributed by atoms with Crippen LogP contribution in [0, 0.1) is 5.92 Å². The standard InChI is InChI=1S/C27H31N5O2/c1-17(2)24(26(33)29-18-10-4-3-5-11-18)31-32-23-15-9-8-14-22(23)30-25(27(32)34)20-16-28-21-13-7-6-12-19(20)21/h6-9,12-18,24,28,31H,3-5,10-11H2,1-2H3,(H,29,33). The van der Waals surface area contributed by atoms with E-state index >= 15 is 0 Å². The summed E-state index contributed by atoms with van der Waals surface area (Å²) in [6.07, 6.45) is 7.37. The van der Waals surface area contributed by atoms with E-state index in [0.717, 1.165) is 42.1 Å². The molecule has 2 aromatic carbocycles. The van der Waals surface area contributed by atoms with Crippen LogP contribution in [-0.2, 0) is 4.79 Å². The topological polar surface area (TPSA) is 91.8 Å². The van der Waals surface area contributed by atoms with Gasteiger partial charge in [-0.25, -0.2) is 9.66 Å². The summed E-state index contributed by atoms with van der Waals surface area (Å²) in [5.41, 5.74) is 6.36. The van der Waals surface area contributed by atoms with Crippen molar-refractivity contribution in [2.45, 2.75) is 58.0 Å². The molecule has 1 atom stereocenters. The van der Waals surface area contributed by atoms with E-state index in [1.807, 2.05) is 68.6 Å². The zero-order chi connectivity index (χ0) is 23.7. The van der Waals surface area contributed by atoms with Gasteiger partial charge in [-0.1, -0.05) is 63.4 Å². The van der Waals surface area contributed by atoms with Crippen LogP contribution in [0.1, 0.15) is 46.0 Å². The van der Waals surface area contributed by atoms with Gasteiger partial charge in [0.2, 0.25) is 5.91 Å². The van der Waals surface area contributed by atoms with Crippen LogP contribution in [-0.4, -0.2) is 32.6 Å². The molecule has 0 spiro atoms. The molecule has 1 fully saturated rings. The van der Waals surface area contributed by atoms with Crippen molar-refractivity contribution in [2.24, 2.45) is 5.92 Å². The first-order chi connectivity index (χ1) is 16.5. The fraction of sp³-hybridized carbons (Fsp3) is 0.370. The van der Waals surface area contributed by atoms with Crippen LogP contribution in [0.4, 0.5) is 0 Å². The van der Waals surface area contributed by atoms with Gasteiger partial charge in [-0.15, -0.1) is 0 Å². The number of H-pyrrole nitrogens is 1. The Kier molecular flexibility index (Phi) is 6.09. The van der Waals surface area contributed by atoms with E-state index in [4.69, 9.17) is 4.98 Å². The normalized spacial score (nSPS) is 15.6. The number of carbonyl (C=O) groups is 1. The molecule has 176 valence electrons. The predicted octanol–water partition coefficient (Wildman–Crippen LogP) is 4.56. The van der Waals surface area contributed by atoms with Crippen molar-refractivity contribution in [2.75, 3.05) is 5.43 Å². The summed E-state index contributed by atoms with van der Waals surface area (Å²) in [7, 11) is 0. The van der Waals surface area contributed by atoms with Gasteiger partial charge in [0.05, 0.1) is 11.0 Å². The van der Waals surface area contributed by atoms with E-state index in [2.05, 4.69) is 15.7 Å². The van der Waals surface area contributed by atoms with Gasteiger partial charge in [-0.3, -0.25) is 9.59 Å². The van der Waals surface area contributed by atoms with E-state index < -0.39 is 6.04 Å². The third kappa shape index (κ3) is 4.18. The Labute approximate surface area is 198 Å². The summed E-state index contributed by atoms with van der Waals surface area (Å²) >= 11 is 0. The maximum atomic E-state index is 13.8. The lowest BCUT2D eigenvalue weighted by Crippen LogP contribution is -2.51. The monoisotopic (exact) mass is 457 g/mol. The van der Waals surface area contributed by atoms with Crippen molar-refractivity contribution < 1.29 is 4.79 Å². The van der Waals surface area contributed by atoms with Gasteiger partial charge in [-0.2, -0.15) is 0 Å². The molecule has 7 nitrogen and oxygen atoms in total. The molecule has 0 saturated heterocycles. The Bertz CT molecular complexity index is 1380. The summed E-state index contributed by atoms with van der Waals surface area (Å²) in [6.45, 7) is 3.99. The zero-order valence-corrected chi connectivity index (χ0v) is 19.7. The van der Waals surface area contributed by atoms with Gasteiger partial charge in [0.15, 0.2) is 0 Å². The van der Waals surface area contributed by atoms with Crippen molar-refractivity contribution in [3.8, 4) is 11.3 Å². The number of para-hydroxylation sites is 3. The van der Waals surface area contributed by atoms with E-state index in [9.17, 15) is 9.59 Å². The highest BCUT2D eigenvalue weighted by molar-refractivity contribution is 5.95. The van der Waals surface area contributed by atoms with Crippen LogP contribution in [0.15, 0.2) is 59.5 Å². The fourth-order valence-corrected chi connectivity index (χ4v) is 4.89. The zero-order valence-electron chi connectivity index (χ0n) is 19.7. The van der Waals surface area contributed by atoms with E-state index in [-0.39, 0.29) is 23.4 Å². The highest BCUT2D eigenvalue weighted by atomic mass is 16.2. The Morgan fingerprint density at radius 2 is 1.79 bits per heavy atom. The molecule has 4 aromatic rings. The number of fused-ring (bicyclic) bond motifs is 2. The first-order valence-corrected chi connectivity index (χ1v) is 12.2. The van der Waals surface area contributed by atoms with Gasteiger partial charge < -0.3 is 15.7 Å². The molecular weight excluding hydrogens is 426 g/mol. The van der Waals surface area contributed by atoms with Crippen molar-refractivity contribution in [1.29, 1.82) is 0 Å². The molecular formula is C27H31N5O2. The largest absolute Gasteiger partial charge is 0.360 e. The number of amides is 1. The SMILES string of the molecule is CC(C)C(Nn1c(=O)c(-c2c[nH]c3ccccc23)nc2ccccc21)C(=O)NC1CCCCC1. The number of benzene rings is 2. The third-order valence-corrected chi connectivity index (χ3v) is 6.77. The highest BCUT2D eigenvalue weighted by Gasteiger charge is 2.27. The predicted molar refractivity (Wildman–Crippen MR) is 136 cm³/mol. The maximum absolute atomic E-state index is 13.8. The molecule has 34 heavy (non-hydrogen) atoms. The molecule has 0 radical (unpaired) electrons. The fourth-order valence-electron chi connectivity index (χ4n) is 4.89. The molecule has 2 aromatic heterocycles. The minimum Gasteiger partial charge on any atom is -0.360 e. The second-order valence-corrected chi connectivity index (χ2v) is 9.53. The van der Waals surface area contributed by atoms with Crippen LogP contribution >= 0.6 is 0 Å². The number of hydrogen-bond acceptors (Lipinski definition) is 4. The molecule has 7 heteroatoms. The van der Waals surface area contributed by atoms with Crippen molar-refractivity contribution in [3.63, 3.8) is 0 Å². The van der Waals surface area contributed by atoms with Crippen LogP contribution < -0.4 is 16.3 Å². The first kappa shape index (κ1) is 22.2. The lowest BCUT2D eigenvalue weighted by molar-refractivity contribution is -0.123. The molecule has 1 aliphatic rings. The Morgan fingerprint density at radius 1 is 1.06 bits per heavy atom. The third-order valence-electron chi connectivity index (χ3n) is 6.77. The van der Waals surface area contributed by atoms with Gasteiger partial charge >= 0.3 is 0 Å². The van der Waals surface area contributed by atoms with Crippen LogP contribution in [0.5, 0.6) is 0 Å². The molecule has 1 aliphatic carbocycles. The van der Waals surface area contributed by atoms with Gasteiger partial charge in [0, 0.05) is 28.7 Å². The average Bonchev–Trinajstić information content (AvgIpc) is 3.27. The number of nitrogens with one attached hydrogen (secondary N) is 3. The van der Waals surface area contributed by atoms with Crippen molar-refractivity contribution in [3.05, 3.63) is 65.1 Å². The average molecular weight is 458 g/mol. The van der Waals surface area contributed by atoms with E-state index in [1.165, 1.54) is 11.1 Å². The second kappa shape index (κ2) is 9.33. The molecule has 2 heterocycles. The summed E-state index contributed by atoms with van der Waals surface area (Å²) in [5, 5.41) is 4.15. The number of aromatic nitrogens is 3. The second-order valence-electron chi connectivity index (χ2n) is 9.53. The van der Waals surface area contributed by atoms with Crippen LogP contribution in [0.2, 0.25) is 0 Å². The molecule has 3 N–H and O–H groups in total. The number of nitrogens with zero attached hydrogens (tertiary/aromatic N) is 2. The lowest BCUT2D eigenvalue weighted by atomic mass is 9.94. The van der Waals surface area contributed by atoms with E-state index in [0.29, 0.717) is 16.7 Å². The number of carbonyl (C=O) groups excluding carboxylic acids is 1. The van der Waals surface area contributed by atoms with Crippen LogP contribution in [0.25, 0.3) is 33.2 Å². The van der Waals surface area contributed by atoms with E-state index in [1.54, 1.807) is 0 Å². The molecule has 5 rings (SSSR count). The maximum Gasteiger partial charge on any atom is 0.296 e. The number of hydrogen-bond donors (Lipinski definition) is 3. The molecule has 1 amide bonds. The quantitative estimate of drug-likeness (QED) is 0.396. The summed E-state index contributed by atoms with van der Waals surface area (Å²) in [5.74, 6) is -0.0812.